The minimum absolute atomic E-state index is 0.0573. The van der Waals surface area contributed by atoms with Gasteiger partial charge in [0.05, 0.1) is 17.7 Å². The number of amides is 1. The van der Waals surface area contributed by atoms with E-state index in [9.17, 15) is 9.90 Å². The molecule has 2 aromatic heterocycles. The summed E-state index contributed by atoms with van der Waals surface area (Å²) in [5.74, 6) is -0.467. The zero-order valence-corrected chi connectivity index (χ0v) is 9.71. The first-order valence-corrected chi connectivity index (χ1v) is 5.82. The van der Waals surface area contributed by atoms with E-state index < -0.39 is 12.0 Å². The van der Waals surface area contributed by atoms with Crippen molar-refractivity contribution in [3.05, 3.63) is 30.1 Å². The van der Waals surface area contributed by atoms with Crippen LogP contribution in [-0.2, 0) is 0 Å². The van der Waals surface area contributed by atoms with Crippen LogP contribution < -0.4 is 11.1 Å². The number of fused-ring (bicyclic) bond motifs is 1. The maximum absolute atomic E-state index is 11.3. The Morgan fingerprint density at radius 2 is 2.33 bits per heavy atom. The van der Waals surface area contributed by atoms with Crippen molar-refractivity contribution in [1.82, 2.24) is 14.9 Å². The smallest absolute Gasteiger partial charge is 0.249 e. The number of aromatic nitrogens is 2. The molecule has 0 spiro atoms. The summed E-state index contributed by atoms with van der Waals surface area (Å²) >= 11 is 0. The molecule has 1 aliphatic heterocycles. The molecule has 0 aliphatic carbocycles. The summed E-state index contributed by atoms with van der Waals surface area (Å²) in [6, 6.07) is 3.37. The number of aliphatic hydroxyl groups excluding tert-OH is 1. The summed E-state index contributed by atoms with van der Waals surface area (Å²) in [6.07, 6.45) is 2.96. The molecule has 0 saturated carbocycles. The highest BCUT2D eigenvalue weighted by Crippen LogP contribution is 2.24. The third-order valence-electron chi connectivity index (χ3n) is 3.39. The van der Waals surface area contributed by atoms with Crippen LogP contribution in [0.15, 0.2) is 24.5 Å². The normalized spacial score (nSPS) is 23.6. The second-order valence-corrected chi connectivity index (χ2v) is 4.48. The molecule has 2 atom stereocenters. The summed E-state index contributed by atoms with van der Waals surface area (Å²) < 4.78 is 1.90. The molecular weight excluding hydrogens is 232 g/mol. The average molecular weight is 246 g/mol. The Labute approximate surface area is 103 Å². The molecule has 1 aliphatic rings. The van der Waals surface area contributed by atoms with Crippen LogP contribution in [0.3, 0.4) is 0 Å². The quantitative estimate of drug-likeness (QED) is 0.674. The summed E-state index contributed by atoms with van der Waals surface area (Å²) in [7, 11) is 0. The number of carbonyl (C=O) groups is 1. The van der Waals surface area contributed by atoms with Gasteiger partial charge in [-0.1, -0.05) is 0 Å². The minimum atomic E-state index is -0.467. The van der Waals surface area contributed by atoms with Crippen molar-refractivity contribution in [2.75, 3.05) is 13.1 Å². The van der Waals surface area contributed by atoms with Crippen LogP contribution >= 0.6 is 0 Å². The van der Waals surface area contributed by atoms with Gasteiger partial charge < -0.3 is 20.7 Å². The third kappa shape index (κ3) is 1.58. The monoisotopic (exact) mass is 246 g/mol. The predicted octanol–water partition coefficient (Wildman–Crippen LogP) is -0.360. The molecule has 0 unspecified atom stereocenters. The molecule has 0 radical (unpaired) electrons. The summed E-state index contributed by atoms with van der Waals surface area (Å²) in [5, 5.41) is 13.7. The number of hydrogen-bond donors (Lipinski definition) is 3. The van der Waals surface area contributed by atoms with Crippen LogP contribution in [0.5, 0.6) is 0 Å². The first kappa shape index (κ1) is 11.2. The second-order valence-electron chi connectivity index (χ2n) is 4.48. The average Bonchev–Trinajstić information content (AvgIpc) is 2.93. The van der Waals surface area contributed by atoms with E-state index in [-0.39, 0.29) is 6.04 Å². The van der Waals surface area contributed by atoms with E-state index in [1.807, 2.05) is 16.8 Å². The standard InChI is InChI=1S/C12H14N4O2/c13-11(18)7-1-3-15-12-8(7)2-4-16(12)9-5-14-6-10(9)17/h1-4,9-10,14,17H,5-6H2,(H2,13,18)/t9-,10-/m1/s1. The van der Waals surface area contributed by atoms with E-state index in [2.05, 4.69) is 10.3 Å². The number of aliphatic hydroxyl groups is 1. The van der Waals surface area contributed by atoms with Crippen molar-refractivity contribution >= 4 is 16.9 Å². The van der Waals surface area contributed by atoms with Gasteiger partial charge in [0.15, 0.2) is 0 Å². The highest BCUT2D eigenvalue weighted by molar-refractivity contribution is 6.04. The number of pyridine rings is 1. The molecule has 18 heavy (non-hydrogen) atoms. The Kier molecular flexibility index (Phi) is 2.53. The van der Waals surface area contributed by atoms with Gasteiger partial charge >= 0.3 is 0 Å². The highest BCUT2D eigenvalue weighted by Gasteiger charge is 2.27. The molecule has 0 aromatic carbocycles. The van der Waals surface area contributed by atoms with Crippen molar-refractivity contribution in [2.45, 2.75) is 12.1 Å². The molecule has 1 fully saturated rings. The maximum atomic E-state index is 11.3. The van der Waals surface area contributed by atoms with Crippen LogP contribution in [0.1, 0.15) is 16.4 Å². The topological polar surface area (TPSA) is 93.2 Å². The first-order chi connectivity index (χ1) is 8.68. The Morgan fingerprint density at radius 3 is 3.00 bits per heavy atom. The van der Waals surface area contributed by atoms with E-state index in [0.29, 0.717) is 24.3 Å². The zero-order valence-electron chi connectivity index (χ0n) is 9.71. The van der Waals surface area contributed by atoms with Gasteiger partial charge in [-0.3, -0.25) is 4.79 Å². The van der Waals surface area contributed by atoms with Gasteiger partial charge in [0.2, 0.25) is 5.91 Å². The maximum Gasteiger partial charge on any atom is 0.249 e. The van der Waals surface area contributed by atoms with Gasteiger partial charge in [-0.2, -0.15) is 0 Å². The van der Waals surface area contributed by atoms with Crippen LogP contribution in [0, 0.1) is 0 Å². The zero-order chi connectivity index (χ0) is 12.7. The van der Waals surface area contributed by atoms with E-state index in [4.69, 9.17) is 5.73 Å². The molecule has 1 amide bonds. The van der Waals surface area contributed by atoms with Gasteiger partial charge in [0.1, 0.15) is 5.65 Å². The van der Waals surface area contributed by atoms with E-state index in [1.165, 1.54) is 0 Å². The fourth-order valence-electron chi connectivity index (χ4n) is 2.48. The molecule has 3 rings (SSSR count). The SMILES string of the molecule is NC(=O)c1ccnc2c1ccn2[C@@H]1CNC[C@H]1O. The van der Waals surface area contributed by atoms with Gasteiger partial charge in [-0.15, -0.1) is 0 Å². The molecular formula is C12H14N4O2. The number of nitrogens with zero attached hydrogens (tertiary/aromatic N) is 2. The minimum Gasteiger partial charge on any atom is -0.390 e. The lowest BCUT2D eigenvalue weighted by molar-refractivity contribution is 0.100. The lowest BCUT2D eigenvalue weighted by Gasteiger charge is -2.16. The number of rotatable bonds is 2. The van der Waals surface area contributed by atoms with E-state index in [0.717, 1.165) is 5.39 Å². The van der Waals surface area contributed by atoms with Gasteiger partial charge in [-0.25, -0.2) is 4.98 Å². The van der Waals surface area contributed by atoms with Crippen LogP contribution in [-0.4, -0.2) is 39.8 Å². The molecule has 6 nitrogen and oxygen atoms in total. The number of nitrogens with two attached hydrogens (primary N) is 1. The fourth-order valence-corrected chi connectivity index (χ4v) is 2.48. The van der Waals surface area contributed by atoms with Crippen molar-refractivity contribution in [3.8, 4) is 0 Å². The van der Waals surface area contributed by atoms with Crippen LogP contribution in [0.25, 0.3) is 11.0 Å². The van der Waals surface area contributed by atoms with Crippen molar-refractivity contribution in [3.63, 3.8) is 0 Å². The molecule has 4 N–H and O–H groups in total. The first-order valence-electron chi connectivity index (χ1n) is 5.82. The molecule has 2 aromatic rings. The number of hydrogen-bond acceptors (Lipinski definition) is 4. The van der Waals surface area contributed by atoms with E-state index in [1.54, 1.807) is 12.3 Å². The highest BCUT2D eigenvalue weighted by atomic mass is 16.3. The van der Waals surface area contributed by atoms with Gasteiger partial charge in [-0.05, 0) is 12.1 Å². The Hall–Kier alpha value is -1.92. The number of β-amino-alcohol motifs (C(OH)–C–C–N with tert-alkyl or cyclic N) is 1. The third-order valence-corrected chi connectivity index (χ3v) is 3.39. The summed E-state index contributed by atoms with van der Waals surface area (Å²) in [5.41, 5.74) is 6.47. The molecule has 1 saturated heterocycles. The Morgan fingerprint density at radius 1 is 1.50 bits per heavy atom. The van der Waals surface area contributed by atoms with E-state index >= 15 is 0 Å². The van der Waals surface area contributed by atoms with Crippen molar-refractivity contribution in [1.29, 1.82) is 0 Å². The number of primary amides is 1. The lowest BCUT2D eigenvalue weighted by Crippen LogP contribution is -2.21. The number of carbonyl (C=O) groups excluding carboxylic acids is 1. The Bertz CT molecular complexity index is 607. The number of nitrogens with one attached hydrogen (secondary N) is 1. The van der Waals surface area contributed by atoms with Gasteiger partial charge in [0.25, 0.3) is 0 Å². The van der Waals surface area contributed by atoms with Crippen molar-refractivity contribution in [2.24, 2.45) is 5.73 Å². The Balaban J connectivity index is 2.15. The van der Waals surface area contributed by atoms with Crippen molar-refractivity contribution < 1.29 is 9.90 Å². The summed E-state index contributed by atoms with van der Waals surface area (Å²) in [6.45, 7) is 1.26. The van der Waals surface area contributed by atoms with Crippen LogP contribution in [0.2, 0.25) is 0 Å². The molecule has 94 valence electrons. The lowest BCUT2D eigenvalue weighted by atomic mass is 10.2. The summed E-state index contributed by atoms with van der Waals surface area (Å²) in [4.78, 5) is 15.6. The van der Waals surface area contributed by atoms with Crippen LogP contribution in [0.4, 0.5) is 0 Å². The second kappa shape index (κ2) is 4.08. The fraction of sp³-hybridized carbons (Fsp3) is 0.333. The molecule has 6 heteroatoms. The predicted molar refractivity (Wildman–Crippen MR) is 66.2 cm³/mol. The molecule has 0 bridgehead atoms. The largest absolute Gasteiger partial charge is 0.390 e. The van der Waals surface area contributed by atoms with Gasteiger partial charge in [0, 0.05) is 30.9 Å². The molecule has 3 heterocycles.